The maximum absolute atomic E-state index is 11.6. The molecule has 0 aliphatic carbocycles. The molecule has 0 fully saturated rings. The molecule has 2 rings (SSSR count). The first-order chi connectivity index (χ1) is 10.3. The summed E-state index contributed by atoms with van der Waals surface area (Å²) in [7, 11) is 1.33. The van der Waals surface area contributed by atoms with E-state index in [1.165, 1.54) is 7.11 Å². The van der Waals surface area contributed by atoms with E-state index in [0.29, 0.717) is 22.4 Å². The van der Waals surface area contributed by atoms with E-state index in [4.69, 9.17) is 25.5 Å². The number of benzene rings is 1. The zero-order valence-electron chi connectivity index (χ0n) is 13.0. The molecule has 1 aromatic carbocycles. The molecule has 0 amide bonds. The van der Waals surface area contributed by atoms with Crippen LogP contribution >= 0.6 is 11.6 Å². The van der Waals surface area contributed by atoms with E-state index in [1.807, 2.05) is 19.1 Å². The van der Waals surface area contributed by atoms with E-state index in [0.717, 1.165) is 5.56 Å². The molecular weight excluding hydrogens is 306 g/mol. The van der Waals surface area contributed by atoms with Crippen molar-refractivity contribution in [1.29, 1.82) is 0 Å². The van der Waals surface area contributed by atoms with Crippen LogP contribution in [-0.4, -0.2) is 23.7 Å². The van der Waals surface area contributed by atoms with Crippen LogP contribution in [0.1, 0.15) is 25.3 Å². The lowest BCUT2D eigenvalue weighted by Gasteiger charge is -2.21. The van der Waals surface area contributed by atoms with Gasteiger partial charge in [0.05, 0.1) is 12.8 Å². The van der Waals surface area contributed by atoms with Crippen molar-refractivity contribution >= 4 is 17.6 Å². The van der Waals surface area contributed by atoms with Crippen LogP contribution in [0.4, 0.5) is 0 Å². The molecule has 0 radical (unpaired) electrons. The average Bonchev–Trinajstić information content (AvgIpc) is 2.86. The lowest BCUT2D eigenvalue weighted by atomic mass is 10.1. The fourth-order valence-electron chi connectivity index (χ4n) is 1.83. The molecule has 0 saturated heterocycles. The smallest absolute Gasteiger partial charge is 0.337 e. The first-order valence-corrected chi connectivity index (χ1v) is 7.16. The second-order valence-corrected chi connectivity index (χ2v) is 5.76. The summed E-state index contributed by atoms with van der Waals surface area (Å²) in [6.45, 7) is 5.25. The minimum atomic E-state index is -1.05. The van der Waals surface area contributed by atoms with Gasteiger partial charge in [-0.3, -0.25) is 0 Å². The van der Waals surface area contributed by atoms with Crippen molar-refractivity contribution in [3.63, 3.8) is 0 Å². The van der Waals surface area contributed by atoms with Gasteiger partial charge in [0.1, 0.15) is 6.61 Å². The van der Waals surface area contributed by atoms with Crippen LogP contribution in [-0.2, 0) is 20.9 Å². The molecule has 1 heterocycles. The monoisotopic (exact) mass is 323 g/mol. The van der Waals surface area contributed by atoms with Gasteiger partial charge in [-0.15, -0.1) is 0 Å². The number of hydrogen-bond acceptors (Lipinski definition) is 5. The lowest BCUT2D eigenvalue weighted by molar-refractivity contribution is -0.167. The topological polar surface area (TPSA) is 61.6 Å². The van der Waals surface area contributed by atoms with Crippen LogP contribution < -0.4 is 0 Å². The summed E-state index contributed by atoms with van der Waals surface area (Å²) in [5.74, 6) is 0.619. The summed E-state index contributed by atoms with van der Waals surface area (Å²) >= 11 is 5.86. The molecule has 0 saturated carbocycles. The Morgan fingerprint density at radius 3 is 2.55 bits per heavy atom. The van der Waals surface area contributed by atoms with E-state index in [1.54, 1.807) is 26.0 Å². The molecule has 0 aliphatic heterocycles. The SMILES string of the molecule is COC(=O)C(C)(C)OCc1oc(-c2ccc(Cl)cc2)nc1C. The number of nitrogens with zero attached hydrogens (tertiary/aromatic N) is 1. The number of oxazole rings is 1. The Hall–Kier alpha value is -1.85. The number of methoxy groups -OCH3 is 1. The fourth-order valence-corrected chi connectivity index (χ4v) is 1.95. The van der Waals surface area contributed by atoms with Gasteiger partial charge in [-0.25, -0.2) is 9.78 Å². The number of ether oxygens (including phenoxy) is 2. The number of aryl methyl sites for hydroxylation is 1. The van der Waals surface area contributed by atoms with Gasteiger partial charge in [0.25, 0.3) is 0 Å². The second-order valence-electron chi connectivity index (χ2n) is 5.33. The highest BCUT2D eigenvalue weighted by atomic mass is 35.5. The standard InChI is InChI=1S/C16H18ClNO4/c1-10-13(9-21-16(2,3)15(19)20-4)22-14(18-10)11-5-7-12(17)8-6-11/h5-8H,9H2,1-4H3. The van der Waals surface area contributed by atoms with Gasteiger partial charge in [0, 0.05) is 10.6 Å². The molecule has 22 heavy (non-hydrogen) atoms. The van der Waals surface area contributed by atoms with Gasteiger partial charge in [-0.05, 0) is 45.0 Å². The number of halogens is 1. The van der Waals surface area contributed by atoms with E-state index < -0.39 is 11.6 Å². The number of carbonyl (C=O) groups is 1. The Kier molecular flexibility index (Phi) is 4.88. The third kappa shape index (κ3) is 3.67. The molecular formula is C16H18ClNO4. The maximum atomic E-state index is 11.6. The second kappa shape index (κ2) is 6.50. The number of esters is 1. The highest BCUT2D eigenvalue weighted by Gasteiger charge is 2.30. The minimum absolute atomic E-state index is 0.133. The van der Waals surface area contributed by atoms with Crippen molar-refractivity contribution in [2.24, 2.45) is 0 Å². The number of hydrogen-bond donors (Lipinski definition) is 0. The molecule has 0 bridgehead atoms. The Balaban J connectivity index is 2.13. The van der Waals surface area contributed by atoms with Crippen LogP contribution in [0.3, 0.4) is 0 Å². The van der Waals surface area contributed by atoms with E-state index in [9.17, 15) is 4.79 Å². The predicted octanol–water partition coefficient (Wildman–Crippen LogP) is 3.77. The quantitative estimate of drug-likeness (QED) is 0.784. The van der Waals surface area contributed by atoms with Gasteiger partial charge in [-0.2, -0.15) is 0 Å². The largest absolute Gasteiger partial charge is 0.467 e. The zero-order chi connectivity index (χ0) is 16.3. The summed E-state index contributed by atoms with van der Waals surface area (Å²) in [5, 5.41) is 0.649. The van der Waals surface area contributed by atoms with Gasteiger partial charge >= 0.3 is 5.97 Å². The molecule has 5 nitrogen and oxygen atoms in total. The van der Waals surface area contributed by atoms with Crippen molar-refractivity contribution in [3.8, 4) is 11.5 Å². The van der Waals surface area contributed by atoms with Crippen LogP contribution in [0.15, 0.2) is 28.7 Å². The van der Waals surface area contributed by atoms with Gasteiger partial charge in [0.15, 0.2) is 11.4 Å². The van der Waals surface area contributed by atoms with Crippen molar-refractivity contribution in [1.82, 2.24) is 4.98 Å². The predicted molar refractivity (Wildman–Crippen MR) is 82.6 cm³/mol. The van der Waals surface area contributed by atoms with E-state index >= 15 is 0 Å². The molecule has 1 aromatic heterocycles. The molecule has 0 atom stereocenters. The van der Waals surface area contributed by atoms with Crippen molar-refractivity contribution in [2.45, 2.75) is 33.0 Å². The third-order valence-electron chi connectivity index (χ3n) is 3.22. The van der Waals surface area contributed by atoms with Gasteiger partial charge in [-0.1, -0.05) is 11.6 Å². The third-order valence-corrected chi connectivity index (χ3v) is 3.48. The molecule has 0 unspecified atom stereocenters. The Morgan fingerprint density at radius 2 is 1.95 bits per heavy atom. The normalized spacial score (nSPS) is 11.5. The molecule has 0 spiro atoms. The number of rotatable bonds is 5. The summed E-state index contributed by atoms with van der Waals surface area (Å²) in [5.41, 5.74) is 0.491. The summed E-state index contributed by atoms with van der Waals surface area (Å²) in [6, 6.07) is 7.20. The van der Waals surface area contributed by atoms with Crippen molar-refractivity contribution in [2.75, 3.05) is 7.11 Å². The average molecular weight is 324 g/mol. The Morgan fingerprint density at radius 1 is 1.32 bits per heavy atom. The highest BCUT2D eigenvalue weighted by molar-refractivity contribution is 6.30. The summed E-state index contributed by atoms with van der Waals surface area (Å²) in [4.78, 5) is 16.0. The van der Waals surface area contributed by atoms with Gasteiger partial charge in [0.2, 0.25) is 5.89 Å². The van der Waals surface area contributed by atoms with Crippen LogP contribution in [0, 0.1) is 6.92 Å². The molecule has 0 N–H and O–H groups in total. The van der Waals surface area contributed by atoms with Crippen molar-refractivity contribution < 1.29 is 18.7 Å². The summed E-state index contributed by atoms with van der Waals surface area (Å²) in [6.07, 6.45) is 0. The first-order valence-electron chi connectivity index (χ1n) is 6.78. The van der Waals surface area contributed by atoms with E-state index in [2.05, 4.69) is 4.98 Å². The lowest BCUT2D eigenvalue weighted by Crippen LogP contribution is -2.35. The van der Waals surface area contributed by atoms with Crippen LogP contribution in [0.5, 0.6) is 0 Å². The van der Waals surface area contributed by atoms with Crippen LogP contribution in [0.2, 0.25) is 5.02 Å². The number of carbonyl (C=O) groups excluding carboxylic acids is 1. The van der Waals surface area contributed by atoms with E-state index in [-0.39, 0.29) is 6.61 Å². The summed E-state index contributed by atoms with van der Waals surface area (Å²) < 4.78 is 16.0. The van der Waals surface area contributed by atoms with Crippen molar-refractivity contribution in [3.05, 3.63) is 40.7 Å². The maximum Gasteiger partial charge on any atom is 0.337 e. The highest BCUT2D eigenvalue weighted by Crippen LogP contribution is 2.25. The molecule has 118 valence electrons. The van der Waals surface area contributed by atoms with Crippen LogP contribution in [0.25, 0.3) is 11.5 Å². The first kappa shape index (κ1) is 16.5. The minimum Gasteiger partial charge on any atom is -0.467 e. The number of aromatic nitrogens is 1. The Labute approximate surface area is 134 Å². The molecule has 0 aliphatic rings. The molecule has 2 aromatic rings. The Bertz CT molecular complexity index is 661. The van der Waals surface area contributed by atoms with Gasteiger partial charge < -0.3 is 13.9 Å². The zero-order valence-corrected chi connectivity index (χ0v) is 13.7. The molecule has 6 heteroatoms. The fraction of sp³-hybridized carbons (Fsp3) is 0.375.